The van der Waals surface area contributed by atoms with Crippen molar-refractivity contribution in [1.82, 2.24) is 0 Å². The smallest absolute Gasteiger partial charge is 0.205 e. The van der Waals surface area contributed by atoms with Gasteiger partial charge in [-0.05, 0) is 12.8 Å². The summed E-state index contributed by atoms with van der Waals surface area (Å²) in [5.41, 5.74) is -0.0293. The van der Waals surface area contributed by atoms with Crippen LogP contribution in [0.2, 0.25) is 0 Å². The number of aliphatic hydroxyl groups is 1. The van der Waals surface area contributed by atoms with Gasteiger partial charge in [-0.3, -0.25) is 4.57 Å². The van der Waals surface area contributed by atoms with Crippen LogP contribution in [0.15, 0.2) is 0 Å². The van der Waals surface area contributed by atoms with Crippen molar-refractivity contribution in [2.45, 2.75) is 37.8 Å². The Kier molecular flexibility index (Phi) is 3.76. The summed E-state index contributed by atoms with van der Waals surface area (Å²) in [6.45, 7) is -0.162. The topological polar surface area (TPSA) is 57.5 Å². The van der Waals surface area contributed by atoms with Crippen molar-refractivity contribution in [2.24, 2.45) is 0 Å². The standard InChI is InChI=1S/C8H17O3P/c9-6-7-12(10,11)8-4-2-1-3-5-8/h8-9H,1-7H2,(H,10,11). The largest absolute Gasteiger partial charge is 0.396 e. The highest BCUT2D eigenvalue weighted by Crippen LogP contribution is 2.51. The second kappa shape index (κ2) is 4.40. The van der Waals surface area contributed by atoms with E-state index in [1.54, 1.807) is 0 Å². The third-order valence-corrected chi connectivity index (χ3v) is 5.06. The fourth-order valence-corrected chi connectivity index (χ4v) is 3.63. The predicted octanol–water partition coefficient (Wildman–Crippen LogP) is 1.58. The molecule has 0 heterocycles. The van der Waals surface area contributed by atoms with Crippen LogP contribution in [0.1, 0.15) is 32.1 Å². The molecule has 0 spiro atoms. The molecular formula is C8H17O3P. The summed E-state index contributed by atoms with van der Waals surface area (Å²) in [4.78, 5) is 9.53. The maximum atomic E-state index is 11.6. The lowest BCUT2D eigenvalue weighted by atomic mass is 10.0. The van der Waals surface area contributed by atoms with E-state index < -0.39 is 7.37 Å². The Balaban J connectivity index is 2.48. The average Bonchev–Trinajstić information content (AvgIpc) is 2.06. The summed E-state index contributed by atoms with van der Waals surface area (Å²) in [7, 11) is -3.02. The fraction of sp³-hybridized carbons (Fsp3) is 1.00. The predicted molar refractivity (Wildman–Crippen MR) is 48.7 cm³/mol. The van der Waals surface area contributed by atoms with Crippen LogP contribution < -0.4 is 0 Å². The minimum atomic E-state index is -3.02. The van der Waals surface area contributed by atoms with Crippen molar-refractivity contribution >= 4 is 7.37 Å². The molecule has 0 saturated heterocycles. The van der Waals surface area contributed by atoms with Gasteiger partial charge < -0.3 is 10.00 Å². The van der Waals surface area contributed by atoms with Crippen LogP contribution in [0.25, 0.3) is 0 Å². The molecular weight excluding hydrogens is 175 g/mol. The summed E-state index contributed by atoms with van der Waals surface area (Å²) >= 11 is 0. The van der Waals surface area contributed by atoms with Crippen LogP contribution in [0.3, 0.4) is 0 Å². The van der Waals surface area contributed by atoms with E-state index in [1.165, 1.54) is 6.42 Å². The molecule has 0 amide bonds. The van der Waals surface area contributed by atoms with Crippen molar-refractivity contribution in [1.29, 1.82) is 0 Å². The van der Waals surface area contributed by atoms with Crippen LogP contribution in [-0.4, -0.2) is 28.4 Å². The molecule has 0 aromatic rings. The van der Waals surface area contributed by atoms with Crippen molar-refractivity contribution < 1.29 is 14.6 Å². The first-order valence-electron chi connectivity index (χ1n) is 4.59. The van der Waals surface area contributed by atoms with Gasteiger partial charge in [-0.2, -0.15) is 0 Å². The van der Waals surface area contributed by atoms with Gasteiger partial charge in [0.25, 0.3) is 0 Å². The number of hydrogen-bond donors (Lipinski definition) is 2. The Morgan fingerprint density at radius 3 is 2.33 bits per heavy atom. The zero-order valence-electron chi connectivity index (χ0n) is 7.28. The summed E-state index contributed by atoms with van der Waals surface area (Å²) in [6, 6.07) is 0. The molecule has 1 fully saturated rings. The highest BCUT2D eigenvalue weighted by atomic mass is 31.2. The Morgan fingerprint density at radius 2 is 1.83 bits per heavy atom. The van der Waals surface area contributed by atoms with E-state index in [4.69, 9.17) is 5.11 Å². The van der Waals surface area contributed by atoms with Gasteiger partial charge in [-0.1, -0.05) is 19.3 Å². The van der Waals surface area contributed by atoms with Gasteiger partial charge in [-0.25, -0.2) is 0 Å². The fourth-order valence-electron chi connectivity index (χ4n) is 1.81. The Labute approximate surface area is 73.3 Å². The normalized spacial score (nSPS) is 25.2. The van der Waals surface area contributed by atoms with Gasteiger partial charge in [0.1, 0.15) is 0 Å². The second-order valence-electron chi connectivity index (χ2n) is 3.49. The lowest BCUT2D eigenvalue weighted by Gasteiger charge is -2.25. The Morgan fingerprint density at radius 1 is 1.25 bits per heavy atom. The summed E-state index contributed by atoms with van der Waals surface area (Å²) in [5.74, 6) is 0. The van der Waals surface area contributed by atoms with Crippen LogP contribution >= 0.6 is 7.37 Å². The number of aliphatic hydroxyl groups excluding tert-OH is 1. The van der Waals surface area contributed by atoms with Gasteiger partial charge in [-0.15, -0.1) is 0 Å². The molecule has 1 atom stereocenters. The summed E-state index contributed by atoms with van der Waals surface area (Å²) in [6.07, 6.45) is 5.15. The molecule has 1 unspecified atom stereocenters. The maximum absolute atomic E-state index is 11.6. The first-order valence-corrected chi connectivity index (χ1v) is 6.50. The number of rotatable bonds is 3. The van der Waals surface area contributed by atoms with Gasteiger partial charge in [0.2, 0.25) is 7.37 Å². The van der Waals surface area contributed by atoms with E-state index in [1.807, 2.05) is 0 Å². The highest BCUT2D eigenvalue weighted by molar-refractivity contribution is 7.58. The van der Waals surface area contributed by atoms with Crippen molar-refractivity contribution in [2.75, 3.05) is 12.8 Å². The molecule has 0 aromatic heterocycles. The van der Waals surface area contributed by atoms with Gasteiger partial charge in [0.05, 0.1) is 6.61 Å². The molecule has 12 heavy (non-hydrogen) atoms. The zero-order chi connectivity index (χ0) is 9.03. The molecule has 0 aliphatic heterocycles. The van der Waals surface area contributed by atoms with E-state index >= 15 is 0 Å². The molecule has 1 aliphatic carbocycles. The van der Waals surface area contributed by atoms with E-state index in [9.17, 15) is 9.46 Å². The maximum Gasteiger partial charge on any atom is 0.205 e. The first-order chi connectivity index (χ1) is 5.67. The first kappa shape index (κ1) is 10.2. The molecule has 72 valence electrons. The van der Waals surface area contributed by atoms with Crippen LogP contribution in [-0.2, 0) is 4.57 Å². The van der Waals surface area contributed by atoms with Crippen LogP contribution in [0.4, 0.5) is 0 Å². The van der Waals surface area contributed by atoms with E-state index in [0.717, 1.165) is 25.7 Å². The molecule has 0 bridgehead atoms. The van der Waals surface area contributed by atoms with Crippen molar-refractivity contribution in [3.8, 4) is 0 Å². The van der Waals surface area contributed by atoms with Gasteiger partial charge >= 0.3 is 0 Å². The third-order valence-electron chi connectivity index (χ3n) is 2.57. The third kappa shape index (κ3) is 2.58. The molecule has 4 heteroatoms. The Bertz CT molecular complexity index is 175. The van der Waals surface area contributed by atoms with Crippen molar-refractivity contribution in [3.63, 3.8) is 0 Å². The van der Waals surface area contributed by atoms with Crippen molar-refractivity contribution in [3.05, 3.63) is 0 Å². The Hall–Kier alpha value is 0.150. The van der Waals surface area contributed by atoms with Crippen LogP contribution in [0.5, 0.6) is 0 Å². The minimum absolute atomic E-state index is 0.0293. The molecule has 2 N–H and O–H groups in total. The van der Waals surface area contributed by atoms with E-state index in [0.29, 0.717) is 0 Å². The lowest BCUT2D eigenvalue weighted by molar-refractivity contribution is 0.311. The highest BCUT2D eigenvalue weighted by Gasteiger charge is 2.30. The van der Waals surface area contributed by atoms with E-state index in [-0.39, 0.29) is 18.4 Å². The summed E-state index contributed by atoms with van der Waals surface area (Å²) in [5, 5.41) is 8.60. The average molecular weight is 192 g/mol. The SMILES string of the molecule is O=P(O)(CCO)C1CCCCC1. The number of hydrogen-bond acceptors (Lipinski definition) is 2. The van der Waals surface area contributed by atoms with Gasteiger partial charge in [0, 0.05) is 11.8 Å². The monoisotopic (exact) mass is 192 g/mol. The van der Waals surface area contributed by atoms with E-state index in [2.05, 4.69) is 0 Å². The zero-order valence-corrected chi connectivity index (χ0v) is 8.17. The second-order valence-corrected chi connectivity index (χ2v) is 6.18. The van der Waals surface area contributed by atoms with Crippen LogP contribution in [0, 0.1) is 0 Å². The molecule has 1 saturated carbocycles. The molecule has 1 rings (SSSR count). The molecule has 3 nitrogen and oxygen atoms in total. The minimum Gasteiger partial charge on any atom is -0.396 e. The summed E-state index contributed by atoms with van der Waals surface area (Å²) < 4.78 is 11.6. The molecule has 1 aliphatic rings. The molecule has 0 radical (unpaired) electrons. The molecule has 0 aromatic carbocycles. The quantitative estimate of drug-likeness (QED) is 0.667. The van der Waals surface area contributed by atoms with Gasteiger partial charge in [0.15, 0.2) is 0 Å². The lowest BCUT2D eigenvalue weighted by Crippen LogP contribution is -2.15.